The number of hydrogen-bond acceptors (Lipinski definition) is 3. The maximum atomic E-state index is 12.5. The standard InChI is InChI=1S/C16H29N3O2/c1-4-15(20)18-11-9-17(10-12-18)14-6-8-19(16(14)21)7-5-13(2)3/h13-14H,4-12H2,1-3H3. The summed E-state index contributed by atoms with van der Waals surface area (Å²) in [4.78, 5) is 30.4. The Labute approximate surface area is 128 Å². The summed E-state index contributed by atoms with van der Waals surface area (Å²) in [5, 5.41) is 0. The molecule has 1 unspecified atom stereocenters. The quantitative estimate of drug-likeness (QED) is 0.765. The second-order valence-electron chi connectivity index (χ2n) is 6.58. The Hall–Kier alpha value is -1.10. The molecule has 0 bridgehead atoms. The lowest BCUT2D eigenvalue weighted by atomic mass is 10.1. The number of nitrogens with zero attached hydrogens (tertiary/aromatic N) is 3. The molecule has 2 amide bonds. The Morgan fingerprint density at radius 1 is 1.19 bits per heavy atom. The summed E-state index contributed by atoms with van der Waals surface area (Å²) in [7, 11) is 0. The first-order valence-corrected chi connectivity index (χ1v) is 8.33. The van der Waals surface area contributed by atoms with Crippen LogP contribution in [0.2, 0.25) is 0 Å². The highest BCUT2D eigenvalue weighted by atomic mass is 16.2. The van der Waals surface area contributed by atoms with Gasteiger partial charge < -0.3 is 9.80 Å². The van der Waals surface area contributed by atoms with Crippen LogP contribution in [0.3, 0.4) is 0 Å². The van der Waals surface area contributed by atoms with Gasteiger partial charge in [0.25, 0.3) is 0 Å². The van der Waals surface area contributed by atoms with Crippen molar-refractivity contribution in [2.45, 2.75) is 46.1 Å². The lowest BCUT2D eigenvalue weighted by Gasteiger charge is -2.37. The minimum Gasteiger partial charge on any atom is -0.341 e. The predicted octanol–water partition coefficient (Wildman–Crippen LogP) is 1.19. The zero-order valence-electron chi connectivity index (χ0n) is 13.7. The summed E-state index contributed by atoms with van der Waals surface area (Å²) in [5.74, 6) is 1.16. The van der Waals surface area contributed by atoms with Gasteiger partial charge in [0, 0.05) is 45.7 Å². The van der Waals surface area contributed by atoms with E-state index in [9.17, 15) is 9.59 Å². The van der Waals surface area contributed by atoms with Crippen LogP contribution < -0.4 is 0 Å². The van der Waals surface area contributed by atoms with E-state index in [0.717, 1.165) is 52.1 Å². The molecule has 0 aromatic heterocycles. The molecule has 0 aromatic carbocycles. The van der Waals surface area contributed by atoms with Crippen molar-refractivity contribution >= 4 is 11.8 Å². The van der Waals surface area contributed by atoms with Gasteiger partial charge in [0.2, 0.25) is 11.8 Å². The molecule has 1 atom stereocenters. The number of likely N-dealkylation sites (tertiary alicyclic amines) is 1. The zero-order valence-corrected chi connectivity index (χ0v) is 13.7. The van der Waals surface area contributed by atoms with E-state index < -0.39 is 0 Å². The van der Waals surface area contributed by atoms with E-state index in [1.54, 1.807) is 0 Å². The normalized spacial score (nSPS) is 24.2. The summed E-state index contributed by atoms with van der Waals surface area (Å²) < 4.78 is 0. The molecule has 2 rings (SSSR count). The molecule has 2 fully saturated rings. The molecule has 5 nitrogen and oxygen atoms in total. The Morgan fingerprint density at radius 2 is 1.86 bits per heavy atom. The van der Waals surface area contributed by atoms with E-state index in [0.29, 0.717) is 18.2 Å². The SMILES string of the molecule is CCC(=O)N1CCN(C2CCN(CCC(C)C)C2=O)CC1. The second kappa shape index (κ2) is 7.25. The average Bonchev–Trinajstić information content (AvgIpc) is 2.85. The van der Waals surface area contributed by atoms with Gasteiger partial charge in [-0.3, -0.25) is 14.5 Å². The number of hydrogen-bond donors (Lipinski definition) is 0. The van der Waals surface area contributed by atoms with Crippen LogP contribution in [0.4, 0.5) is 0 Å². The summed E-state index contributed by atoms with van der Waals surface area (Å²) in [5.41, 5.74) is 0. The van der Waals surface area contributed by atoms with E-state index in [1.165, 1.54) is 0 Å². The van der Waals surface area contributed by atoms with Gasteiger partial charge in [-0.2, -0.15) is 0 Å². The number of piperazine rings is 1. The predicted molar refractivity (Wildman–Crippen MR) is 82.9 cm³/mol. The van der Waals surface area contributed by atoms with Crippen LogP contribution in [-0.2, 0) is 9.59 Å². The Morgan fingerprint density at radius 3 is 2.43 bits per heavy atom. The molecule has 2 heterocycles. The molecule has 2 aliphatic rings. The van der Waals surface area contributed by atoms with Crippen molar-refractivity contribution in [3.8, 4) is 0 Å². The van der Waals surface area contributed by atoms with Crippen molar-refractivity contribution in [1.82, 2.24) is 14.7 Å². The first kappa shape index (κ1) is 16.3. The summed E-state index contributed by atoms with van der Waals surface area (Å²) in [6.07, 6.45) is 2.60. The Balaban J connectivity index is 1.82. The number of carbonyl (C=O) groups is 2. The molecule has 5 heteroatoms. The van der Waals surface area contributed by atoms with Crippen LogP contribution in [-0.4, -0.2) is 71.8 Å². The first-order valence-electron chi connectivity index (χ1n) is 8.33. The molecule has 0 radical (unpaired) electrons. The summed E-state index contributed by atoms with van der Waals surface area (Å²) in [6.45, 7) is 11.3. The van der Waals surface area contributed by atoms with Gasteiger partial charge in [-0.15, -0.1) is 0 Å². The Kier molecular flexibility index (Phi) is 5.62. The zero-order chi connectivity index (χ0) is 15.4. The third-order valence-corrected chi connectivity index (χ3v) is 4.66. The number of rotatable bonds is 5. The molecule has 0 saturated carbocycles. The molecule has 21 heavy (non-hydrogen) atoms. The lowest BCUT2D eigenvalue weighted by molar-refractivity contribution is -0.135. The van der Waals surface area contributed by atoms with E-state index in [1.807, 2.05) is 16.7 Å². The maximum absolute atomic E-state index is 12.5. The van der Waals surface area contributed by atoms with Gasteiger partial charge in [-0.05, 0) is 18.8 Å². The minimum absolute atomic E-state index is 0.0519. The van der Waals surface area contributed by atoms with Crippen LogP contribution in [0, 0.1) is 5.92 Å². The highest BCUT2D eigenvalue weighted by molar-refractivity contribution is 5.84. The van der Waals surface area contributed by atoms with Crippen molar-refractivity contribution in [1.29, 1.82) is 0 Å². The number of carbonyl (C=O) groups excluding carboxylic acids is 2. The molecule has 120 valence electrons. The molecular formula is C16H29N3O2. The van der Waals surface area contributed by atoms with Gasteiger partial charge in [-0.25, -0.2) is 0 Å². The molecule has 0 N–H and O–H groups in total. The minimum atomic E-state index is 0.0519. The van der Waals surface area contributed by atoms with Crippen LogP contribution in [0.25, 0.3) is 0 Å². The van der Waals surface area contributed by atoms with Crippen molar-refractivity contribution in [3.05, 3.63) is 0 Å². The third-order valence-electron chi connectivity index (χ3n) is 4.66. The molecule has 2 saturated heterocycles. The van der Waals surface area contributed by atoms with Crippen molar-refractivity contribution in [3.63, 3.8) is 0 Å². The van der Waals surface area contributed by atoms with Gasteiger partial charge >= 0.3 is 0 Å². The average molecular weight is 295 g/mol. The van der Waals surface area contributed by atoms with E-state index in [2.05, 4.69) is 18.7 Å². The molecule has 0 aliphatic carbocycles. The van der Waals surface area contributed by atoms with E-state index in [4.69, 9.17) is 0 Å². The third kappa shape index (κ3) is 3.96. The smallest absolute Gasteiger partial charge is 0.239 e. The van der Waals surface area contributed by atoms with Crippen molar-refractivity contribution < 1.29 is 9.59 Å². The fourth-order valence-electron chi connectivity index (χ4n) is 3.20. The molecular weight excluding hydrogens is 266 g/mol. The van der Waals surface area contributed by atoms with Gasteiger partial charge in [0.05, 0.1) is 6.04 Å². The largest absolute Gasteiger partial charge is 0.341 e. The second-order valence-corrected chi connectivity index (χ2v) is 6.58. The van der Waals surface area contributed by atoms with Gasteiger partial charge in [-0.1, -0.05) is 20.8 Å². The number of amides is 2. The van der Waals surface area contributed by atoms with Crippen molar-refractivity contribution in [2.75, 3.05) is 39.3 Å². The highest BCUT2D eigenvalue weighted by Gasteiger charge is 2.37. The molecule has 0 aromatic rings. The van der Waals surface area contributed by atoms with Crippen LogP contribution in [0.5, 0.6) is 0 Å². The molecule has 0 spiro atoms. The molecule has 2 aliphatic heterocycles. The first-order chi connectivity index (χ1) is 10.0. The van der Waals surface area contributed by atoms with Crippen LogP contribution in [0.15, 0.2) is 0 Å². The Bertz CT molecular complexity index is 376. The van der Waals surface area contributed by atoms with E-state index >= 15 is 0 Å². The van der Waals surface area contributed by atoms with Crippen LogP contribution >= 0.6 is 0 Å². The lowest BCUT2D eigenvalue weighted by Crippen LogP contribution is -2.53. The summed E-state index contributed by atoms with van der Waals surface area (Å²) in [6, 6.07) is 0.0519. The fourth-order valence-corrected chi connectivity index (χ4v) is 3.20. The van der Waals surface area contributed by atoms with Gasteiger partial charge in [0.1, 0.15) is 0 Å². The maximum Gasteiger partial charge on any atom is 0.239 e. The highest BCUT2D eigenvalue weighted by Crippen LogP contribution is 2.20. The monoisotopic (exact) mass is 295 g/mol. The summed E-state index contributed by atoms with van der Waals surface area (Å²) >= 11 is 0. The van der Waals surface area contributed by atoms with Gasteiger partial charge in [0.15, 0.2) is 0 Å². The van der Waals surface area contributed by atoms with E-state index in [-0.39, 0.29) is 11.9 Å². The fraction of sp³-hybridized carbons (Fsp3) is 0.875. The topological polar surface area (TPSA) is 43.9 Å². The van der Waals surface area contributed by atoms with Crippen molar-refractivity contribution in [2.24, 2.45) is 5.92 Å². The van der Waals surface area contributed by atoms with Crippen LogP contribution in [0.1, 0.15) is 40.0 Å².